The molecule has 0 N–H and O–H groups in total. The molecule has 1 unspecified atom stereocenters. The Balaban J connectivity index is 1.93. The summed E-state index contributed by atoms with van der Waals surface area (Å²) < 4.78 is 0. The molecule has 0 aliphatic carbocycles. The maximum Gasteiger partial charge on any atom is 0.0740 e. The van der Waals surface area contributed by atoms with Crippen LogP contribution in [0, 0.1) is 12.8 Å². The van der Waals surface area contributed by atoms with Gasteiger partial charge in [0.15, 0.2) is 0 Å². The molecule has 106 valence electrons. The highest BCUT2D eigenvalue weighted by Crippen LogP contribution is 2.28. The van der Waals surface area contributed by atoms with E-state index in [1.165, 1.54) is 12.8 Å². The summed E-state index contributed by atoms with van der Waals surface area (Å²) >= 11 is 6.54. The molecule has 1 atom stereocenters. The van der Waals surface area contributed by atoms with Gasteiger partial charge >= 0.3 is 0 Å². The van der Waals surface area contributed by atoms with Gasteiger partial charge in [0.1, 0.15) is 0 Å². The molecule has 20 heavy (non-hydrogen) atoms. The molecule has 3 heteroatoms. The summed E-state index contributed by atoms with van der Waals surface area (Å²) in [5.74, 6) is 0.782. The largest absolute Gasteiger partial charge is 0.297 e. The van der Waals surface area contributed by atoms with Crippen molar-refractivity contribution < 1.29 is 0 Å². The van der Waals surface area contributed by atoms with Gasteiger partial charge in [-0.25, -0.2) is 4.98 Å². The predicted molar refractivity (Wildman–Crippen MR) is 85.2 cm³/mol. The predicted octanol–water partition coefficient (Wildman–Crippen LogP) is 4.43. The third-order valence-corrected chi connectivity index (χ3v) is 4.76. The molecule has 1 aliphatic rings. The number of hydrogen-bond donors (Lipinski definition) is 0. The van der Waals surface area contributed by atoms with E-state index in [1.54, 1.807) is 0 Å². The van der Waals surface area contributed by atoms with Crippen LogP contribution >= 0.6 is 11.6 Å². The first-order valence-electron chi connectivity index (χ1n) is 7.41. The zero-order valence-electron chi connectivity index (χ0n) is 12.2. The molecular formula is C17H21ClN2. The zero-order valence-corrected chi connectivity index (χ0v) is 13.0. The molecule has 0 radical (unpaired) electrons. The number of rotatable bonds is 2. The lowest BCUT2D eigenvalue weighted by atomic mass is 10.00. The second-order valence-corrected chi connectivity index (χ2v) is 6.38. The maximum atomic E-state index is 6.54. The summed E-state index contributed by atoms with van der Waals surface area (Å²) in [4.78, 5) is 7.26. The number of likely N-dealkylation sites (tertiary alicyclic amines) is 1. The van der Waals surface area contributed by atoms with Crippen LogP contribution in [0.4, 0.5) is 0 Å². The Morgan fingerprint density at radius 2 is 2.15 bits per heavy atom. The van der Waals surface area contributed by atoms with E-state index in [1.807, 2.05) is 12.1 Å². The quantitative estimate of drug-likeness (QED) is 0.813. The SMILES string of the molecule is Cc1c(Cl)c(CN2CCCC(C)C2)nc2ccccc12. The van der Waals surface area contributed by atoms with Crippen molar-refractivity contribution in [2.24, 2.45) is 5.92 Å². The first-order valence-corrected chi connectivity index (χ1v) is 7.79. The topological polar surface area (TPSA) is 16.1 Å². The fraction of sp³-hybridized carbons (Fsp3) is 0.471. The molecule has 0 amide bonds. The summed E-state index contributed by atoms with van der Waals surface area (Å²) in [6.07, 6.45) is 2.62. The minimum absolute atomic E-state index is 0.782. The van der Waals surface area contributed by atoms with Gasteiger partial charge in [0.2, 0.25) is 0 Å². The molecule has 3 rings (SSSR count). The highest BCUT2D eigenvalue weighted by Gasteiger charge is 2.19. The van der Waals surface area contributed by atoms with Crippen molar-refractivity contribution in [2.75, 3.05) is 13.1 Å². The highest BCUT2D eigenvalue weighted by molar-refractivity contribution is 6.32. The van der Waals surface area contributed by atoms with Gasteiger partial charge < -0.3 is 0 Å². The summed E-state index contributed by atoms with van der Waals surface area (Å²) in [7, 11) is 0. The van der Waals surface area contributed by atoms with Crippen LogP contribution in [0.25, 0.3) is 10.9 Å². The van der Waals surface area contributed by atoms with Gasteiger partial charge in [0.05, 0.1) is 16.2 Å². The van der Waals surface area contributed by atoms with Crippen LogP contribution in [-0.2, 0) is 6.54 Å². The molecule has 0 saturated carbocycles. The van der Waals surface area contributed by atoms with Crippen LogP contribution in [0.5, 0.6) is 0 Å². The van der Waals surface area contributed by atoms with Gasteiger partial charge in [-0.3, -0.25) is 4.90 Å². The van der Waals surface area contributed by atoms with Crippen molar-refractivity contribution in [1.82, 2.24) is 9.88 Å². The number of halogens is 1. The number of aryl methyl sites for hydroxylation is 1. The van der Waals surface area contributed by atoms with Gasteiger partial charge in [-0.2, -0.15) is 0 Å². The Bertz CT molecular complexity index is 624. The molecule has 2 nitrogen and oxygen atoms in total. The van der Waals surface area contributed by atoms with Crippen LogP contribution in [0.2, 0.25) is 5.02 Å². The van der Waals surface area contributed by atoms with Crippen molar-refractivity contribution in [3.05, 3.63) is 40.5 Å². The van der Waals surface area contributed by atoms with E-state index in [-0.39, 0.29) is 0 Å². The van der Waals surface area contributed by atoms with E-state index in [2.05, 4.69) is 30.9 Å². The second-order valence-electron chi connectivity index (χ2n) is 6.00. The number of nitrogens with zero attached hydrogens (tertiary/aromatic N) is 2. The average Bonchev–Trinajstić information content (AvgIpc) is 2.45. The van der Waals surface area contributed by atoms with Crippen molar-refractivity contribution in [3.63, 3.8) is 0 Å². The minimum Gasteiger partial charge on any atom is -0.297 e. The van der Waals surface area contributed by atoms with Crippen molar-refractivity contribution >= 4 is 22.5 Å². The van der Waals surface area contributed by atoms with Crippen molar-refractivity contribution in [3.8, 4) is 0 Å². The second kappa shape index (κ2) is 5.71. The fourth-order valence-electron chi connectivity index (χ4n) is 3.16. The van der Waals surface area contributed by atoms with E-state index in [0.29, 0.717) is 0 Å². The smallest absolute Gasteiger partial charge is 0.0740 e. The molecule has 1 saturated heterocycles. The third kappa shape index (κ3) is 2.68. The van der Waals surface area contributed by atoms with E-state index >= 15 is 0 Å². The third-order valence-electron chi connectivity index (χ3n) is 4.26. The fourth-order valence-corrected chi connectivity index (χ4v) is 3.37. The Kier molecular flexibility index (Phi) is 3.95. The van der Waals surface area contributed by atoms with Gasteiger partial charge in [0, 0.05) is 18.5 Å². The molecule has 1 aromatic heterocycles. The Hall–Kier alpha value is -1.12. The number of piperidine rings is 1. The van der Waals surface area contributed by atoms with E-state index in [4.69, 9.17) is 16.6 Å². The number of hydrogen-bond acceptors (Lipinski definition) is 2. The van der Waals surface area contributed by atoms with Gasteiger partial charge in [0.25, 0.3) is 0 Å². The Morgan fingerprint density at radius 1 is 1.35 bits per heavy atom. The molecule has 1 aromatic carbocycles. The first-order chi connectivity index (χ1) is 9.65. The number of fused-ring (bicyclic) bond motifs is 1. The Morgan fingerprint density at radius 3 is 2.95 bits per heavy atom. The standard InChI is InChI=1S/C17H21ClN2/c1-12-6-5-9-20(10-12)11-16-17(18)13(2)14-7-3-4-8-15(14)19-16/h3-4,7-8,12H,5-6,9-11H2,1-2H3. The summed E-state index contributed by atoms with van der Waals surface area (Å²) in [5.41, 5.74) is 3.23. The van der Waals surface area contributed by atoms with E-state index in [0.717, 1.165) is 52.7 Å². The zero-order chi connectivity index (χ0) is 14.1. The number of aromatic nitrogens is 1. The molecule has 1 aliphatic heterocycles. The van der Waals surface area contributed by atoms with Crippen LogP contribution in [0.1, 0.15) is 31.0 Å². The molecule has 0 bridgehead atoms. The Labute approximate surface area is 125 Å². The summed E-state index contributed by atoms with van der Waals surface area (Å²) in [6, 6.07) is 8.24. The summed E-state index contributed by atoms with van der Waals surface area (Å²) in [5, 5.41) is 2.00. The van der Waals surface area contributed by atoms with Gasteiger partial charge in [-0.15, -0.1) is 0 Å². The molecule has 2 heterocycles. The van der Waals surface area contributed by atoms with Crippen molar-refractivity contribution in [1.29, 1.82) is 0 Å². The number of benzene rings is 1. The maximum absolute atomic E-state index is 6.54. The first kappa shape index (κ1) is 13.8. The van der Waals surface area contributed by atoms with Crippen LogP contribution < -0.4 is 0 Å². The molecule has 1 fully saturated rings. The number of para-hydroxylation sites is 1. The minimum atomic E-state index is 0.782. The average molecular weight is 289 g/mol. The number of pyridine rings is 1. The lowest BCUT2D eigenvalue weighted by Crippen LogP contribution is -2.34. The summed E-state index contributed by atoms with van der Waals surface area (Å²) in [6.45, 7) is 7.61. The lowest BCUT2D eigenvalue weighted by molar-refractivity contribution is 0.175. The van der Waals surface area contributed by atoms with Crippen LogP contribution in [0.15, 0.2) is 24.3 Å². The van der Waals surface area contributed by atoms with Crippen LogP contribution in [0.3, 0.4) is 0 Å². The molecular weight excluding hydrogens is 268 g/mol. The van der Waals surface area contributed by atoms with E-state index in [9.17, 15) is 0 Å². The normalized spacial score (nSPS) is 20.4. The molecule has 0 spiro atoms. The molecule has 2 aromatic rings. The van der Waals surface area contributed by atoms with Gasteiger partial charge in [-0.1, -0.05) is 36.7 Å². The lowest BCUT2D eigenvalue weighted by Gasteiger charge is -2.30. The van der Waals surface area contributed by atoms with Crippen LogP contribution in [-0.4, -0.2) is 23.0 Å². The van der Waals surface area contributed by atoms with Gasteiger partial charge in [-0.05, 0) is 43.9 Å². The monoisotopic (exact) mass is 288 g/mol. The van der Waals surface area contributed by atoms with Crippen molar-refractivity contribution in [2.45, 2.75) is 33.2 Å². The van der Waals surface area contributed by atoms with E-state index < -0.39 is 0 Å². The highest BCUT2D eigenvalue weighted by atomic mass is 35.5.